The van der Waals surface area contributed by atoms with Crippen LogP contribution in [0, 0.1) is 18.8 Å². The highest BCUT2D eigenvalue weighted by Gasteiger charge is 2.43. The van der Waals surface area contributed by atoms with Crippen molar-refractivity contribution in [1.82, 2.24) is 0 Å². The topological polar surface area (TPSA) is 206 Å². The number of aryl methyl sites for hydroxylation is 3. The summed E-state index contributed by atoms with van der Waals surface area (Å²) < 4.78 is 29.0. The summed E-state index contributed by atoms with van der Waals surface area (Å²) >= 11 is 0. The van der Waals surface area contributed by atoms with E-state index in [1.807, 2.05) is 58.9 Å². The molecule has 65 heavy (non-hydrogen) atoms. The first-order valence-corrected chi connectivity index (χ1v) is 22.0. The van der Waals surface area contributed by atoms with E-state index in [4.69, 9.17) is 25.4 Å². The molecule has 3 heterocycles. The van der Waals surface area contributed by atoms with E-state index in [-0.39, 0.29) is 62.0 Å². The number of aliphatic hydroxyl groups is 4. The quantitative estimate of drug-likeness (QED) is 0.126. The first kappa shape index (κ1) is 54.6. The van der Waals surface area contributed by atoms with Crippen molar-refractivity contribution in [3.63, 3.8) is 0 Å². The van der Waals surface area contributed by atoms with Crippen LogP contribution in [0.15, 0.2) is 60.7 Å². The van der Waals surface area contributed by atoms with E-state index in [1.54, 1.807) is 38.1 Å². The third-order valence-electron chi connectivity index (χ3n) is 11.6. The van der Waals surface area contributed by atoms with Gasteiger partial charge < -0.3 is 44.5 Å². The molecule has 3 aliphatic rings. The molecule has 5 rings (SSSR count). The van der Waals surface area contributed by atoms with E-state index < -0.39 is 54.2 Å². The molecule has 0 aromatic heterocycles. The smallest absolute Gasteiger partial charge is 0.342 e. The number of rotatable bonds is 8. The van der Waals surface area contributed by atoms with Crippen molar-refractivity contribution in [1.29, 1.82) is 0 Å². The van der Waals surface area contributed by atoms with Crippen molar-refractivity contribution in [3.8, 4) is 5.75 Å². The molecule has 0 spiro atoms. The lowest BCUT2D eigenvalue weighted by atomic mass is 9.92. The van der Waals surface area contributed by atoms with Gasteiger partial charge in [0.15, 0.2) is 17.4 Å². The first-order valence-electron chi connectivity index (χ1n) is 23.0. The Hall–Kier alpha value is -4.76. The van der Waals surface area contributed by atoms with Gasteiger partial charge >= 0.3 is 11.9 Å². The van der Waals surface area contributed by atoms with E-state index in [0.717, 1.165) is 35.1 Å². The summed E-state index contributed by atoms with van der Waals surface area (Å²) in [7, 11) is 1.25. The molecule has 2 aromatic carbocycles. The van der Waals surface area contributed by atoms with Gasteiger partial charge in [0.1, 0.15) is 35.7 Å². The van der Waals surface area contributed by atoms with E-state index in [2.05, 4.69) is 0 Å². The standard InChI is InChI=1S/C27H36O6.C23H30O7.2CH4/c1-17-13-15-22(29)25-23(32-27(4,5)33-25)11-8-10-21-20(9-6-7-16-28)14-12-18(2)24(21)26(30)31-19(17)3;1-14-9-11-20(27)22(28)19(26)8-5-7-17-16(6-3-4-13-24)10-12-18(25)21(17)23(29)30-15(14)2;;/h8,10,12-15,17,19,23,25,28H,6-7,9,11,16H2,1-5H3;5,7,9-12,14-15,19,22,24-26,28H,3-4,6,8,13H2,1-2H3;2*1H4/b10-8?,15-13-;7-5+,11-9-;;/t17-,19+,23+,25-;14-,15+,19+,22+;;/m11../s1/i;;1T;. The van der Waals surface area contributed by atoms with Crippen molar-refractivity contribution in [2.24, 2.45) is 11.8 Å². The van der Waals surface area contributed by atoms with Gasteiger partial charge in [0.05, 0.1) is 17.8 Å². The normalized spacial score (nSPS) is 27.4. The molecule has 3 aliphatic heterocycles. The fourth-order valence-corrected chi connectivity index (χ4v) is 7.46. The predicted molar refractivity (Wildman–Crippen MR) is 252 cm³/mol. The highest BCUT2D eigenvalue weighted by Crippen LogP contribution is 2.33. The van der Waals surface area contributed by atoms with Crippen LogP contribution in [0.2, 0.25) is 0 Å². The van der Waals surface area contributed by atoms with Gasteiger partial charge in [-0.2, -0.15) is 0 Å². The highest BCUT2D eigenvalue weighted by molar-refractivity contribution is 5.98. The SMILES string of the molecule is C.C[C@@H]1/C=C\C(=O)[C@@H](O)[C@@H](O)C/C=C/c2c(CCCCO)ccc(O)c2C(=O)O[C@H]1C.Cc1ccc(CCCCO)c2c1C(=O)O[C@@H](C)[C@H](C)/C=C\C(=O)[C@H]1OC(C)(C)O[C@H]1CC=C2.[3H]C. The van der Waals surface area contributed by atoms with Crippen LogP contribution in [0.5, 0.6) is 5.75 Å². The summed E-state index contributed by atoms with van der Waals surface area (Å²) in [6, 6.07) is 7.13. The van der Waals surface area contributed by atoms with Crippen LogP contribution in [0.25, 0.3) is 12.2 Å². The molecule has 13 nitrogen and oxygen atoms in total. The first-order chi connectivity index (χ1) is 30.9. The third kappa shape index (κ3) is 15.7. The average Bonchev–Trinajstić information content (AvgIpc) is 3.59. The number of phenols is 1. The van der Waals surface area contributed by atoms with Crippen LogP contribution in [-0.2, 0) is 41.4 Å². The van der Waals surface area contributed by atoms with Crippen LogP contribution in [0.4, 0.5) is 0 Å². The second-order valence-electron chi connectivity index (χ2n) is 17.1. The van der Waals surface area contributed by atoms with Crippen LogP contribution < -0.4 is 0 Å². The molecule has 360 valence electrons. The lowest BCUT2D eigenvalue weighted by Crippen LogP contribution is -2.32. The summed E-state index contributed by atoms with van der Waals surface area (Å²) in [5.41, 5.74) is 4.53. The van der Waals surface area contributed by atoms with Crippen LogP contribution in [-0.4, -0.2) is 105 Å². The molecule has 0 bridgehead atoms. The molecule has 1 fully saturated rings. The van der Waals surface area contributed by atoms with Crippen LogP contribution in [0.3, 0.4) is 0 Å². The molecule has 1 saturated heterocycles. The van der Waals surface area contributed by atoms with Gasteiger partial charge in [-0.15, -0.1) is 0 Å². The fourth-order valence-electron chi connectivity index (χ4n) is 7.46. The number of aromatic hydroxyl groups is 1. The van der Waals surface area contributed by atoms with Gasteiger partial charge in [0.25, 0.3) is 0 Å². The molecular formula is C52H74O13. The summed E-state index contributed by atoms with van der Waals surface area (Å²) in [5.74, 6) is -3.38. The Bertz CT molecular complexity index is 2040. The van der Waals surface area contributed by atoms with E-state index in [9.17, 15) is 39.6 Å². The van der Waals surface area contributed by atoms with Gasteiger partial charge in [-0.1, -0.05) is 83.3 Å². The van der Waals surface area contributed by atoms with Gasteiger partial charge in [-0.25, -0.2) is 9.59 Å². The minimum Gasteiger partial charge on any atom is -0.507 e. The van der Waals surface area contributed by atoms with Crippen molar-refractivity contribution in [2.75, 3.05) is 13.2 Å². The predicted octanol–water partition coefficient (Wildman–Crippen LogP) is 7.98. The Balaban J connectivity index is 0.000000433. The summed E-state index contributed by atoms with van der Waals surface area (Å²) in [6.45, 7) is 12.9. The second-order valence-corrected chi connectivity index (χ2v) is 17.1. The zero-order valence-electron chi connectivity index (χ0n) is 39.6. The number of unbranched alkanes of at least 4 members (excludes halogenated alkanes) is 2. The van der Waals surface area contributed by atoms with Crippen molar-refractivity contribution in [3.05, 3.63) is 99.7 Å². The summed E-state index contributed by atoms with van der Waals surface area (Å²) in [5, 5.41) is 48.8. The van der Waals surface area contributed by atoms with E-state index in [1.165, 1.54) is 31.7 Å². The number of esters is 2. The van der Waals surface area contributed by atoms with Gasteiger partial charge in [0.2, 0.25) is 0 Å². The molecule has 8 atom stereocenters. The lowest BCUT2D eigenvalue weighted by Gasteiger charge is -2.21. The molecule has 13 heteroatoms. The van der Waals surface area contributed by atoms with Crippen molar-refractivity contribution >= 4 is 35.7 Å². The van der Waals surface area contributed by atoms with E-state index >= 15 is 0 Å². The zero-order valence-corrected chi connectivity index (χ0v) is 38.6. The molecule has 0 aliphatic carbocycles. The Kier molecular flexibility index (Phi) is 22.2. The monoisotopic (exact) mass is 909 g/mol. The molecule has 2 aromatic rings. The molecule has 0 amide bonds. The maximum absolute atomic E-state index is 13.2. The minimum atomic E-state index is -1.56. The van der Waals surface area contributed by atoms with Gasteiger partial charge in [-0.3, -0.25) is 9.59 Å². The number of cyclic esters (lactones) is 2. The zero-order chi connectivity index (χ0) is 48.4. The number of carbonyl (C=O) groups excluding carboxylic acids is 4. The Morgan fingerprint density at radius 2 is 1.17 bits per heavy atom. The molecule has 0 saturated carbocycles. The number of carbonyl (C=O) groups is 4. The fraction of sp³-hybridized carbons (Fsp3) is 0.538. The molecule has 0 radical (unpaired) electrons. The van der Waals surface area contributed by atoms with Crippen molar-refractivity contribution in [2.45, 2.75) is 157 Å². The second kappa shape index (κ2) is 26.4. The van der Waals surface area contributed by atoms with Crippen LogP contribution >= 0.6 is 0 Å². The number of ketones is 2. The lowest BCUT2D eigenvalue weighted by molar-refractivity contribution is -0.152. The average molecular weight is 909 g/mol. The Morgan fingerprint density at radius 3 is 1.72 bits per heavy atom. The maximum atomic E-state index is 13.2. The number of phenolic OH excluding ortho intramolecular Hbond substituents is 1. The van der Waals surface area contributed by atoms with E-state index in [0.29, 0.717) is 43.2 Å². The molecular weight excluding hydrogens is 833 g/mol. The number of hydrogen-bond donors (Lipinski definition) is 5. The number of fused-ring (bicyclic) bond motifs is 3. The minimum absolute atomic E-state index is 0. The van der Waals surface area contributed by atoms with Crippen LogP contribution in [0.1, 0.15) is 145 Å². The van der Waals surface area contributed by atoms with Gasteiger partial charge in [0, 0.05) is 26.4 Å². The number of ether oxygens (including phenoxy) is 4. The van der Waals surface area contributed by atoms with Gasteiger partial charge in [-0.05, 0) is 132 Å². The summed E-state index contributed by atoms with van der Waals surface area (Å²) in [4.78, 5) is 51.1. The largest absolute Gasteiger partial charge is 0.507 e. The highest BCUT2D eigenvalue weighted by atomic mass is 16.8. The Morgan fingerprint density at radius 1 is 0.677 bits per heavy atom. The maximum Gasteiger partial charge on any atom is 0.342 e. The number of benzene rings is 2. The van der Waals surface area contributed by atoms with Crippen molar-refractivity contribution < 1.29 is 65.0 Å². The molecule has 5 N–H and O–H groups in total. The molecule has 0 unspecified atom stereocenters. The summed E-state index contributed by atoms with van der Waals surface area (Å²) in [6.07, 6.45) is 12.6. The number of aliphatic hydroxyl groups excluding tert-OH is 4. The number of hydrogen-bond acceptors (Lipinski definition) is 13. The third-order valence-corrected chi connectivity index (χ3v) is 11.6. The Labute approximate surface area is 387 Å².